The van der Waals surface area contributed by atoms with Gasteiger partial charge < -0.3 is 20.3 Å². The van der Waals surface area contributed by atoms with Crippen molar-refractivity contribution in [1.29, 1.82) is 0 Å². The molecule has 7 rings (SSSR count). The third-order valence-electron chi connectivity index (χ3n) is 6.63. The van der Waals surface area contributed by atoms with Gasteiger partial charge >= 0.3 is 17.9 Å². The zero-order chi connectivity index (χ0) is 33.1. The topological polar surface area (TPSA) is 208 Å². The molecule has 4 aliphatic rings. The van der Waals surface area contributed by atoms with Gasteiger partial charge in [-0.2, -0.15) is 8.42 Å². The Kier molecular flexibility index (Phi) is 9.81. The van der Waals surface area contributed by atoms with E-state index in [0.717, 1.165) is 18.4 Å². The van der Waals surface area contributed by atoms with Gasteiger partial charge in [0.15, 0.2) is 0 Å². The fourth-order valence-corrected chi connectivity index (χ4v) is 4.49. The first-order chi connectivity index (χ1) is 21.1. The van der Waals surface area contributed by atoms with Crippen molar-refractivity contribution in [2.24, 2.45) is 5.73 Å². The normalized spacial score (nSPS) is 16.1. The lowest BCUT2D eigenvalue weighted by molar-refractivity contribution is -0.131. The number of esters is 3. The van der Waals surface area contributed by atoms with Crippen LogP contribution in [-0.2, 0) is 19.6 Å². The summed E-state index contributed by atoms with van der Waals surface area (Å²) in [6.07, 6.45) is 4.33. The van der Waals surface area contributed by atoms with Crippen molar-refractivity contribution in [3.05, 3.63) is 88.5 Å². The Morgan fingerprint density at radius 1 is 0.844 bits per heavy atom. The molecule has 3 aromatic carbocycles. The van der Waals surface area contributed by atoms with E-state index in [1.807, 2.05) is 6.92 Å². The van der Waals surface area contributed by atoms with Gasteiger partial charge in [-0.15, -0.1) is 0 Å². The molecule has 2 fully saturated rings. The minimum Gasteiger partial charge on any atom is -0.508 e. The van der Waals surface area contributed by atoms with Crippen LogP contribution in [0.4, 0.5) is 0 Å². The van der Waals surface area contributed by atoms with Gasteiger partial charge in [0, 0.05) is 19.0 Å². The van der Waals surface area contributed by atoms with E-state index in [0.29, 0.717) is 17.2 Å². The predicted octanol–water partition coefficient (Wildman–Crippen LogP) is 3.42. The van der Waals surface area contributed by atoms with Crippen LogP contribution in [0.2, 0.25) is 0 Å². The molecule has 3 aromatic rings. The number of phenolic OH excluding ortho intramolecular Hbond substituents is 1. The molecule has 0 spiro atoms. The second-order valence-corrected chi connectivity index (χ2v) is 12.0. The number of amides is 2. The molecule has 0 radical (unpaired) electrons. The smallest absolute Gasteiger partial charge is 0.347 e. The molecule has 4 N–H and O–H groups in total. The van der Waals surface area contributed by atoms with Crippen LogP contribution in [0.25, 0.3) is 0 Å². The number of rotatable bonds is 3. The van der Waals surface area contributed by atoms with Crippen molar-refractivity contribution in [2.45, 2.75) is 56.5 Å². The Morgan fingerprint density at radius 3 is 1.93 bits per heavy atom. The summed E-state index contributed by atoms with van der Waals surface area (Å²) in [5.74, 6) is -2.15. The molecule has 0 atom stereocenters. The highest BCUT2D eigenvalue weighted by atomic mass is 32.2. The number of hydrogen-bond donors (Lipinski definition) is 3. The maximum Gasteiger partial charge on any atom is 0.347 e. The molecule has 0 bridgehead atoms. The predicted molar refractivity (Wildman–Crippen MR) is 157 cm³/mol. The van der Waals surface area contributed by atoms with Crippen molar-refractivity contribution < 1.29 is 51.5 Å². The van der Waals surface area contributed by atoms with E-state index in [1.165, 1.54) is 73.2 Å². The number of carbonyl (C=O) groups excluding carboxylic acids is 5. The van der Waals surface area contributed by atoms with Gasteiger partial charge in [-0.25, -0.2) is 9.59 Å². The molecule has 2 aliphatic heterocycles. The highest BCUT2D eigenvalue weighted by Gasteiger charge is 2.44. The summed E-state index contributed by atoms with van der Waals surface area (Å²) in [6, 6.07) is 15.1. The van der Waals surface area contributed by atoms with Crippen molar-refractivity contribution in [1.82, 2.24) is 4.90 Å². The van der Waals surface area contributed by atoms with Crippen molar-refractivity contribution in [3.8, 4) is 11.5 Å². The fraction of sp³-hybridized carbons (Fsp3) is 0.258. The maximum atomic E-state index is 11.8. The van der Waals surface area contributed by atoms with Crippen LogP contribution >= 0.6 is 0 Å². The molecule has 2 saturated carbocycles. The molecule has 236 valence electrons. The van der Waals surface area contributed by atoms with Gasteiger partial charge in [-0.05, 0) is 81.1 Å². The molecule has 2 aliphatic carbocycles. The zero-order valence-electron chi connectivity index (χ0n) is 24.3. The van der Waals surface area contributed by atoms with Crippen LogP contribution < -0.4 is 10.5 Å². The maximum absolute atomic E-state index is 11.8. The third kappa shape index (κ3) is 8.59. The summed E-state index contributed by atoms with van der Waals surface area (Å²) < 4.78 is 38.7. The van der Waals surface area contributed by atoms with Crippen molar-refractivity contribution >= 4 is 39.8 Å². The third-order valence-corrected chi connectivity index (χ3v) is 7.50. The van der Waals surface area contributed by atoms with Gasteiger partial charge in [-0.1, -0.05) is 17.7 Å². The number of nitrogens with zero attached hydrogens (tertiary/aromatic N) is 1. The van der Waals surface area contributed by atoms with Gasteiger partial charge in [0.1, 0.15) is 11.5 Å². The quantitative estimate of drug-likeness (QED) is 0.124. The number of carbonyl (C=O) groups is 5. The van der Waals surface area contributed by atoms with Gasteiger partial charge in [0.25, 0.3) is 21.9 Å². The van der Waals surface area contributed by atoms with Crippen LogP contribution in [0.5, 0.6) is 11.5 Å². The number of benzene rings is 3. The van der Waals surface area contributed by atoms with Crippen LogP contribution in [0.1, 0.15) is 79.6 Å². The number of hydrogen-bond acceptors (Lipinski definition) is 11. The SMILES string of the molecule is CC(=O)Oc1ccc2c(c1)C(=O)OC2=O.Cc1ccc(S(=O)(=O)O)cc1.NC1CC1.O=C1c2ccc(O)cc2C(=O)N1C1CC1. The van der Waals surface area contributed by atoms with Gasteiger partial charge in [0.05, 0.1) is 27.1 Å². The number of cyclic esters (lactones) is 2. The van der Waals surface area contributed by atoms with E-state index in [9.17, 15) is 37.5 Å². The summed E-state index contributed by atoms with van der Waals surface area (Å²) in [5.41, 5.74) is 7.23. The van der Waals surface area contributed by atoms with Gasteiger partial charge in [0.2, 0.25) is 0 Å². The number of ether oxygens (including phenoxy) is 2. The molecule has 45 heavy (non-hydrogen) atoms. The highest BCUT2D eigenvalue weighted by molar-refractivity contribution is 7.85. The minimum absolute atomic E-state index is 0.0209. The van der Waals surface area contributed by atoms with Crippen LogP contribution in [0.3, 0.4) is 0 Å². The average molecular weight is 639 g/mol. The van der Waals surface area contributed by atoms with E-state index < -0.39 is 28.0 Å². The lowest BCUT2D eigenvalue weighted by Gasteiger charge is -2.11. The van der Waals surface area contributed by atoms with Gasteiger partial charge in [-0.3, -0.25) is 23.8 Å². The number of imide groups is 1. The summed E-state index contributed by atoms with van der Waals surface area (Å²) in [5, 5.41) is 9.26. The standard InChI is InChI=1S/C11H9NO3.C10H6O5.C7H8O3S.C3H7N/c13-7-3-4-8-9(5-7)11(15)12(10(8)14)6-1-2-6;1-5(11)14-6-2-3-7-8(4-6)10(13)15-9(7)12;1-6-2-4-7(5-3-6)11(8,9)10;4-3-1-2-3/h3-6,13H,1-2H2;2-4H,1H3;2-5H,1H3,(H,8,9,10);3H,1-2,4H2. The van der Waals surface area contributed by atoms with Crippen LogP contribution in [0.15, 0.2) is 65.6 Å². The van der Waals surface area contributed by atoms with E-state index in [1.54, 1.807) is 12.1 Å². The number of aromatic hydroxyl groups is 1. The lowest BCUT2D eigenvalue weighted by atomic mass is 10.1. The number of aryl methyl sites for hydroxylation is 1. The molecular formula is C31H30N2O11S. The lowest BCUT2D eigenvalue weighted by Crippen LogP contribution is -2.31. The molecule has 0 unspecified atom stereocenters. The summed E-state index contributed by atoms with van der Waals surface area (Å²) >= 11 is 0. The molecule has 2 amide bonds. The summed E-state index contributed by atoms with van der Waals surface area (Å²) in [4.78, 5) is 57.7. The largest absolute Gasteiger partial charge is 0.508 e. The molecule has 0 aromatic heterocycles. The average Bonchev–Trinajstić information content (AvgIpc) is 3.90. The van der Waals surface area contributed by atoms with E-state index >= 15 is 0 Å². The number of phenols is 1. The molecule has 13 nitrogen and oxygen atoms in total. The Hall–Kier alpha value is -4.92. The number of nitrogens with two attached hydrogens (primary N) is 1. The Bertz CT molecular complexity index is 1780. The van der Waals surface area contributed by atoms with E-state index in [-0.39, 0.29) is 45.4 Å². The first-order valence-electron chi connectivity index (χ1n) is 13.7. The summed E-state index contributed by atoms with van der Waals surface area (Å²) in [6.45, 7) is 3.09. The Balaban J connectivity index is 0.000000146. The van der Waals surface area contributed by atoms with E-state index in [2.05, 4.69) is 4.74 Å². The molecular weight excluding hydrogens is 608 g/mol. The Morgan fingerprint density at radius 2 is 1.40 bits per heavy atom. The fourth-order valence-electron chi connectivity index (χ4n) is 4.01. The van der Waals surface area contributed by atoms with Crippen LogP contribution in [-0.4, -0.2) is 64.8 Å². The highest BCUT2D eigenvalue weighted by Crippen LogP contribution is 2.35. The minimum atomic E-state index is -4.02. The second-order valence-electron chi connectivity index (χ2n) is 10.5. The first-order valence-corrected chi connectivity index (χ1v) is 15.2. The second kappa shape index (κ2) is 13.4. The first kappa shape index (κ1) is 33.0. The van der Waals surface area contributed by atoms with E-state index in [4.69, 9.17) is 15.0 Å². The van der Waals surface area contributed by atoms with Crippen LogP contribution in [0, 0.1) is 6.92 Å². The summed E-state index contributed by atoms with van der Waals surface area (Å²) in [7, 11) is -4.02. The molecule has 14 heteroatoms. The monoisotopic (exact) mass is 638 g/mol. The Labute approximate surface area is 258 Å². The van der Waals surface area contributed by atoms with Crippen molar-refractivity contribution in [2.75, 3.05) is 0 Å². The zero-order valence-corrected chi connectivity index (χ0v) is 25.1. The molecule has 0 saturated heterocycles. The number of fused-ring (bicyclic) bond motifs is 2. The van der Waals surface area contributed by atoms with Crippen molar-refractivity contribution in [3.63, 3.8) is 0 Å². The molecule has 2 heterocycles.